The van der Waals surface area contributed by atoms with E-state index < -0.39 is 0 Å². The first-order chi connectivity index (χ1) is 10.3. The smallest absolute Gasteiger partial charge is 0.0724 e. The number of fused-ring (bicyclic) bond motifs is 1. The number of hydrogen-bond acceptors (Lipinski definition) is 3. The Hall–Kier alpha value is -2.55. The quantitative estimate of drug-likeness (QED) is 0.709. The van der Waals surface area contributed by atoms with Crippen molar-refractivity contribution in [3.05, 3.63) is 65.9 Å². The zero-order valence-corrected chi connectivity index (χ0v) is 12.1. The molecule has 0 aliphatic heterocycles. The van der Waals surface area contributed by atoms with Gasteiger partial charge in [-0.05, 0) is 41.8 Å². The number of nitrogens with one attached hydrogen (secondary N) is 1. The molecule has 0 amide bonds. The molecule has 0 saturated carbocycles. The summed E-state index contributed by atoms with van der Waals surface area (Å²) in [5.41, 5.74) is 11.6. The van der Waals surface area contributed by atoms with E-state index >= 15 is 0 Å². The summed E-state index contributed by atoms with van der Waals surface area (Å²) in [6.45, 7) is 2.95. The fourth-order valence-corrected chi connectivity index (χ4v) is 2.59. The van der Waals surface area contributed by atoms with Crippen LogP contribution in [0.15, 0.2) is 54.7 Å². The highest BCUT2D eigenvalue weighted by Crippen LogP contribution is 2.27. The predicted molar refractivity (Wildman–Crippen MR) is 89.3 cm³/mol. The van der Waals surface area contributed by atoms with E-state index in [0.717, 1.165) is 35.2 Å². The minimum Gasteiger partial charge on any atom is -0.397 e. The van der Waals surface area contributed by atoms with Crippen molar-refractivity contribution in [1.82, 2.24) is 4.98 Å². The molecule has 0 aliphatic carbocycles. The Morgan fingerprint density at radius 3 is 2.62 bits per heavy atom. The average Bonchev–Trinajstić information content (AvgIpc) is 2.55. The van der Waals surface area contributed by atoms with E-state index in [9.17, 15) is 0 Å². The Balaban J connectivity index is 1.87. The van der Waals surface area contributed by atoms with Gasteiger partial charge in [0, 0.05) is 18.1 Å². The molecule has 0 aliphatic rings. The van der Waals surface area contributed by atoms with E-state index in [0.29, 0.717) is 0 Å². The lowest BCUT2D eigenvalue weighted by Gasteiger charge is -2.13. The van der Waals surface area contributed by atoms with Crippen LogP contribution >= 0.6 is 0 Å². The highest BCUT2D eigenvalue weighted by Gasteiger charge is 2.05. The van der Waals surface area contributed by atoms with Gasteiger partial charge in [0.1, 0.15) is 0 Å². The molecular formula is C18H19N3. The first-order valence-electron chi connectivity index (χ1n) is 7.23. The zero-order chi connectivity index (χ0) is 14.7. The number of rotatable bonds is 4. The van der Waals surface area contributed by atoms with Crippen molar-refractivity contribution in [3.8, 4) is 0 Å². The number of nitrogens with two attached hydrogens (primary N) is 1. The molecule has 3 N–H and O–H groups in total. The summed E-state index contributed by atoms with van der Waals surface area (Å²) in [6.07, 6.45) is 2.82. The number of aromatic nitrogens is 1. The molecular weight excluding hydrogens is 258 g/mol. The largest absolute Gasteiger partial charge is 0.397 e. The number of nitrogens with zero attached hydrogens (tertiary/aromatic N) is 1. The van der Waals surface area contributed by atoms with Gasteiger partial charge in [-0.3, -0.25) is 4.98 Å². The summed E-state index contributed by atoms with van der Waals surface area (Å²) >= 11 is 0. The molecule has 1 aromatic heterocycles. The van der Waals surface area contributed by atoms with Gasteiger partial charge in [-0.15, -0.1) is 0 Å². The van der Waals surface area contributed by atoms with Crippen LogP contribution in [0.1, 0.15) is 18.1 Å². The standard InChI is InChI=1S/C18H19N3/c1-2-13-6-3-4-7-14(13)12-21-17-10-9-16-15(18(17)19)8-5-11-20-16/h3-11,21H,2,12,19H2,1H3. The molecule has 0 atom stereocenters. The third-order valence-corrected chi connectivity index (χ3v) is 3.80. The van der Waals surface area contributed by atoms with Crippen molar-refractivity contribution >= 4 is 22.3 Å². The van der Waals surface area contributed by atoms with Crippen LogP contribution in [-0.4, -0.2) is 4.98 Å². The van der Waals surface area contributed by atoms with Crippen molar-refractivity contribution in [2.45, 2.75) is 19.9 Å². The molecule has 0 saturated heterocycles. The maximum atomic E-state index is 6.25. The Bertz CT molecular complexity index is 765. The number of hydrogen-bond donors (Lipinski definition) is 2. The topological polar surface area (TPSA) is 50.9 Å². The van der Waals surface area contributed by atoms with Crippen LogP contribution in [-0.2, 0) is 13.0 Å². The molecule has 106 valence electrons. The predicted octanol–water partition coefficient (Wildman–Crippen LogP) is 3.99. The van der Waals surface area contributed by atoms with Gasteiger partial charge >= 0.3 is 0 Å². The second-order valence-electron chi connectivity index (χ2n) is 5.07. The molecule has 1 heterocycles. The van der Waals surface area contributed by atoms with E-state index in [-0.39, 0.29) is 0 Å². The van der Waals surface area contributed by atoms with Crippen LogP contribution in [0.25, 0.3) is 10.9 Å². The van der Waals surface area contributed by atoms with Gasteiger partial charge in [0.15, 0.2) is 0 Å². The number of pyridine rings is 1. The SMILES string of the molecule is CCc1ccccc1CNc1ccc2ncccc2c1N. The van der Waals surface area contributed by atoms with Crippen molar-refractivity contribution in [2.24, 2.45) is 0 Å². The number of aryl methyl sites for hydroxylation is 1. The van der Waals surface area contributed by atoms with Crippen molar-refractivity contribution in [1.29, 1.82) is 0 Å². The fourth-order valence-electron chi connectivity index (χ4n) is 2.59. The Morgan fingerprint density at radius 1 is 1.00 bits per heavy atom. The van der Waals surface area contributed by atoms with Gasteiger partial charge in [0.05, 0.1) is 16.9 Å². The number of nitrogen functional groups attached to an aromatic ring is 1. The lowest BCUT2D eigenvalue weighted by Crippen LogP contribution is -2.05. The minimum atomic E-state index is 0.759. The van der Waals surface area contributed by atoms with E-state index in [1.54, 1.807) is 6.20 Å². The summed E-state index contributed by atoms with van der Waals surface area (Å²) in [5.74, 6) is 0. The Kier molecular flexibility index (Phi) is 3.73. The van der Waals surface area contributed by atoms with Crippen molar-refractivity contribution < 1.29 is 0 Å². The number of benzene rings is 2. The van der Waals surface area contributed by atoms with E-state index in [4.69, 9.17) is 5.73 Å². The molecule has 0 fully saturated rings. The molecule has 3 heteroatoms. The minimum absolute atomic E-state index is 0.759. The highest BCUT2D eigenvalue weighted by molar-refractivity contribution is 5.96. The zero-order valence-electron chi connectivity index (χ0n) is 12.1. The van der Waals surface area contributed by atoms with Crippen LogP contribution in [0.3, 0.4) is 0 Å². The van der Waals surface area contributed by atoms with Crippen LogP contribution in [0.4, 0.5) is 11.4 Å². The first-order valence-corrected chi connectivity index (χ1v) is 7.23. The summed E-state index contributed by atoms with van der Waals surface area (Å²) in [4.78, 5) is 4.32. The summed E-state index contributed by atoms with van der Waals surface area (Å²) in [6, 6.07) is 16.4. The molecule has 3 nitrogen and oxygen atoms in total. The maximum Gasteiger partial charge on any atom is 0.0724 e. The van der Waals surface area contributed by atoms with Crippen LogP contribution < -0.4 is 11.1 Å². The lowest BCUT2D eigenvalue weighted by molar-refractivity contribution is 1.04. The maximum absolute atomic E-state index is 6.25. The molecule has 0 bridgehead atoms. The summed E-state index contributed by atoms with van der Waals surface area (Å²) in [7, 11) is 0. The van der Waals surface area contributed by atoms with Gasteiger partial charge in [0.25, 0.3) is 0 Å². The fraction of sp³-hybridized carbons (Fsp3) is 0.167. The molecule has 0 radical (unpaired) electrons. The normalized spacial score (nSPS) is 10.7. The van der Waals surface area contributed by atoms with Crippen LogP contribution in [0, 0.1) is 0 Å². The third-order valence-electron chi connectivity index (χ3n) is 3.80. The van der Waals surface area contributed by atoms with E-state index in [1.807, 2.05) is 24.3 Å². The van der Waals surface area contributed by atoms with Crippen LogP contribution in [0.2, 0.25) is 0 Å². The molecule has 0 spiro atoms. The Morgan fingerprint density at radius 2 is 1.81 bits per heavy atom. The molecule has 0 unspecified atom stereocenters. The number of anilines is 2. The molecule has 2 aromatic carbocycles. The lowest BCUT2D eigenvalue weighted by atomic mass is 10.1. The van der Waals surface area contributed by atoms with E-state index in [2.05, 4.69) is 41.5 Å². The van der Waals surface area contributed by atoms with Gasteiger partial charge in [-0.2, -0.15) is 0 Å². The van der Waals surface area contributed by atoms with Gasteiger partial charge in [0.2, 0.25) is 0 Å². The van der Waals surface area contributed by atoms with Crippen molar-refractivity contribution in [2.75, 3.05) is 11.1 Å². The van der Waals surface area contributed by atoms with Gasteiger partial charge in [-0.1, -0.05) is 31.2 Å². The third kappa shape index (κ3) is 2.68. The van der Waals surface area contributed by atoms with Crippen molar-refractivity contribution in [3.63, 3.8) is 0 Å². The highest BCUT2D eigenvalue weighted by atomic mass is 14.9. The monoisotopic (exact) mass is 277 g/mol. The second-order valence-corrected chi connectivity index (χ2v) is 5.07. The Labute approximate surface area is 124 Å². The summed E-state index contributed by atoms with van der Waals surface area (Å²) in [5, 5.41) is 4.44. The molecule has 21 heavy (non-hydrogen) atoms. The molecule has 3 aromatic rings. The van der Waals surface area contributed by atoms with Gasteiger partial charge < -0.3 is 11.1 Å². The second kappa shape index (κ2) is 5.83. The summed E-state index contributed by atoms with van der Waals surface area (Å²) < 4.78 is 0. The van der Waals surface area contributed by atoms with Gasteiger partial charge in [-0.25, -0.2) is 0 Å². The van der Waals surface area contributed by atoms with E-state index in [1.165, 1.54) is 11.1 Å². The van der Waals surface area contributed by atoms with Crippen LogP contribution in [0.5, 0.6) is 0 Å². The first kappa shape index (κ1) is 13.4. The molecule has 3 rings (SSSR count). The average molecular weight is 277 g/mol.